The molecule has 23 heavy (non-hydrogen) atoms. The topological polar surface area (TPSA) is 67.2 Å². The van der Waals surface area contributed by atoms with Crippen molar-refractivity contribution in [3.8, 4) is 5.69 Å². The lowest BCUT2D eigenvalue weighted by molar-refractivity contribution is -0.121. The lowest BCUT2D eigenvalue weighted by Crippen LogP contribution is -2.34. The van der Waals surface area contributed by atoms with Crippen LogP contribution in [0.4, 0.5) is 4.39 Å². The van der Waals surface area contributed by atoms with Gasteiger partial charge in [0.15, 0.2) is 0 Å². The fraction of sp³-hybridized carbons (Fsp3) is 0.412. The van der Waals surface area contributed by atoms with Crippen LogP contribution in [0.15, 0.2) is 24.3 Å². The van der Waals surface area contributed by atoms with E-state index in [9.17, 15) is 9.18 Å². The molecule has 0 aliphatic carbocycles. The van der Waals surface area contributed by atoms with Crippen LogP contribution in [0.5, 0.6) is 0 Å². The quantitative estimate of drug-likeness (QED) is 0.856. The van der Waals surface area contributed by atoms with Gasteiger partial charge in [0, 0.05) is 23.9 Å². The van der Waals surface area contributed by atoms with Crippen LogP contribution >= 0.6 is 0 Å². The third kappa shape index (κ3) is 4.16. The Hall–Kier alpha value is -2.21. The molecule has 0 bridgehead atoms. The zero-order valence-corrected chi connectivity index (χ0v) is 13.6. The Morgan fingerprint density at radius 2 is 2.00 bits per heavy atom. The first-order valence-electron chi connectivity index (χ1n) is 7.63. The van der Waals surface area contributed by atoms with Gasteiger partial charge in [-0.3, -0.25) is 4.79 Å². The molecule has 0 aliphatic heterocycles. The summed E-state index contributed by atoms with van der Waals surface area (Å²) in [6, 6.07) is 6.01. The molecule has 0 aliphatic rings. The van der Waals surface area contributed by atoms with Crippen molar-refractivity contribution >= 4 is 5.91 Å². The van der Waals surface area contributed by atoms with Gasteiger partial charge in [0.25, 0.3) is 0 Å². The second kappa shape index (κ2) is 7.37. The molecule has 1 aromatic carbocycles. The smallest absolute Gasteiger partial charge is 0.224 e. The molecule has 0 spiro atoms. The molecule has 124 valence electrons. The van der Waals surface area contributed by atoms with Crippen molar-refractivity contribution in [2.24, 2.45) is 0 Å². The highest BCUT2D eigenvalue weighted by Gasteiger charge is 2.17. The van der Waals surface area contributed by atoms with E-state index in [1.54, 1.807) is 16.8 Å². The molecular weight excluding hydrogens is 297 g/mol. The maximum absolute atomic E-state index is 13.0. The number of nitrogens with zero attached hydrogens (tertiary/aromatic N) is 2. The van der Waals surface area contributed by atoms with E-state index in [0.717, 1.165) is 22.6 Å². The number of benzene rings is 1. The zero-order chi connectivity index (χ0) is 17.0. The normalized spacial score (nSPS) is 12.2. The fourth-order valence-electron chi connectivity index (χ4n) is 2.52. The van der Waals surface area contributed by atoms with Gasteiger partial charge in [-0.15, -0.1) is 0 Å². The van der Waals surface area contributed by atoms with Crippen LogP contribution in [-0.2, 0) is 11.2 Å². The Labute approximate surface area is 135 Å². The van der Waals surface area contributed by atoms with Crippen molar-refractivity contribution in [3.63, 3.8) is 0 Å². The average Bonchev–Trinajstić information content (AvgIpc) is 2.76. The number of hydrogen-bond acceptors (Lipinski definition) is 3. The number of aromatic nitrogens is 2. The Morgan fingerprint density at radius 1 is 1.35 bits per heavy atom. The summed E-state index contributed by atoms with van der Waals surface area (Å²) in [7, 11) is 0. The van der Waals surface area contributed by atoms with Crippen molar-refractivity contribution < 1.29 is 14.3 Å². The molecule has 1 aromatic heterocycles. The number of rotatable bonds is 6. The molecule has 1 amide bonds. The Balaban J connectivity index is 2.18. The number of hydrogen-bond donors (Lipinski definition) is 2. The summed E-state index contributed by atoms with van der Waals surface area (Å²) in [6.45, 7) is 5.65. The standard InChI is InChI=1S/C17H22FN3O2/c1-11(8-9-22)19-17(23)10-16-12(2)20-21(13(16)3)15-6-4-14(18)5-7-15/h4-7,11,22H,8-10H2,1-3H3,(H,19,23)/t11-/m1/s1. The van der Waals surface area contributed by atoms with E-state index < -0.39 is 0 Å². The minimum absolute atomic E-state index is 0.0437. The fourth-order valence-corrected chi connectivity index (χ4v) is 2.52. The lowest BCUT2D eigenvalue weighted by Gasteiger charge is -2.12. The SMILES string of the molecule is Cc1nn(-c2ccc(F)cc2)c(C)c1CC(=O)N[C@H](C)CCO. The molecule has 1 atom stereocenters. The summed E-state index contributed by atoms with van der Waals surface area (Å²) in [4.78, 5) is 12.1. The highest BCUT2D eigenvalue weighted by atomic mass is 19.1. The predicted octanol–water partition coefficient (Wildman–Crippen LogP) is 2.06. The molecule has 5 nitrogen and oxygen atoms in total. The first kappa shape index (κ1) is 17.1. The minimum Gasteiger partial charge on any atom is -0.396 e. The summed E-state index contributed by atoms with van der Waals surface area (Å²) in [5.74, 6) is -0.399. The molecular formula is C17H22FN3O2. The summed E-state index contributed by atoms with van der Waals surface area (Å²) in [6.07, 6.45) is 0.757. The number of nitrogens with one attached hydrogen (secondary N) is 1. The Morgan fingerprint density at radius 3 is 2.61 bits per heavy atom. The number of aliphatic hydroxyl groups is 1. The Kier molecular flexibility index (Phi) is 5.50. The van der Waals surface area contributed by atoms with E-state index in [2.05, 4.69) is 10.4 Å². The summed E-state index contributed by atoms with van der Waals surface area (Å²) >= 11 is 0. The largest absolute Gasteiger partial charge is 0.396 e. The van der Waals surface area contributed by atoms with E-state index in [1.165, 1.54) is 12.1 Å². The van der Waals surface area contributed by atoms with E-state index in [4.69, 9.17) is 5.11 Å². The van der Waals surface area contributed by atoms with Gasteiger partial charge in [0.05, 0.1) is 17.8 Å². The molecule has 0 unspecified atom stereocenters. The van der Waals surface area contributed by atoms with Gasteiger partial charge in [-0.05, 0) is 51.5 Å². The van der Waals surface area contributed by atoms with Gasteiger partial charge in [-0.25, -0.2) is 9.07 Å². The van der Waals surface area contributed by atoms with Crippen LogP contribution in [0.2, 0.25) is 0 Å². The number of amides is 1. The molecule has 6 heteroatoms. The minimum atomic E-state index is -0.298. The number of halogens is 1. The molecule has 0 saturated heterocycles. The van der Waals surface area contributed by atoms with Crippen LogP contribution in [0.3, 0.4) is 0 Å². The molecule has 0 saturated carbocycles. The monoisotopic (exact) mass is 319 g/mol. The highest BCUT2D eigenvalue weighted by Crippen LogP contribution is 2.18. The second-order valence-corrected chi connectivity index (χ2v) is 5.70. The molecule has 0 fully saturated rings. The van der Waals surface area contributed by atoms with E-state index in [0.29, 0.717) is 6.42 Å². The van der Waals surface area contributed by atoms with Gasteiger partial charge in [0.1, 0.15) is 5.82 Å². The number of carbonyl (C=O) groups excluding carboxylic acids is 1. The molecule has 2 aromatic rings. The van der Waals surface area contributed by atoms with Crippen LogP contribution in [0, 0.1) is 19.7 Å². The predicted molar refractivity (Wildman–Crippen MR) is 86.0 cm³/mol. The third-order valence-electron chi connectivity index (χ3n) is 3.82. The number of aliphatic hydroxyl groups excluding tert-OH is 1. The van der Waals surface area contributed by atoms with Gasteiger partial charge in [-0.2, -0.15) is 5.10 Å². The first-order valence-corrected chi connectivity index (χ1v) is 7.63. The van der Waals surface area contributed by atoms with E-state index in [1.807, 2.05) is 20.8 Å². The summed E-state index contributed by atoms with van der Waals surface area (Å²) in [5, 5.41) is 16.2. The summed E-state index contributed by atoms with van der Waals surface area (Å²) in [5.41, 5.74) is 3.26. The molecule has 2 N–H and O–H groups in total. The van der Waals surface area contributed by atoms with Crippen LogP contribution in [0.25, 0.3) is 5.69 Å². The summed E-state index contributed by atoms with van der Waals surface area (Å²) < 4.78 is 14.8. The number of aryl methyl sites for hydroxylation is 1. The van der Waals surface area contributed by atoms with Crippen molar-refractivity contribution in [2.45, 2.75) is 39.7 Å². The van der Waals surface area contributed by atoms with Crippen LogP contribution in [0.1, 0.15) is 30.3 Å². The van der Waals surface area contributed by atoms with Crippen molar-refractivity contribution in [3.05, 3.63) is 47.0 Å². The van der Waals surface area contributed by atoms with Crippen LogP contribution in [-0.4, -0.2) is 33.4 Å². The lowest BCUT2D eigenvalue weighted by atomic mass is 10.1. The van der Waals surface area contributed by atoms with Crippen LogP contribution < -0.4 is 5.32 Å². The molecule has 1 heterocycles. The third-order valence-corrected chi connectivity index (χ3v) is 3.82. The average molecular weight is 319 g/mol. The van der Waals surface area contributed by atoms with Gasteiger partial charge < -0.3 is 10.4 Å². The first-order chi connectivity index (χ1) is 10.9. The second-order valence-electron chi connectivity index (χ2n) is 5.70. The van der Waals surface area contributed by atoms with Crippen molar-refractivity contribution in [2.75, 3.05) is 6.61 Å². The van der Waals surface area contributed by atoms with Gasteiger partial charge in [-0.1, -0.05) is 0 Å². The van der Waals surface area contributed by atoms with Gasteiger partial charge in [0.2, 0.25) is 5.91 Å². The zero-order valence-electron chi connectivity index (χ0n) is 13.6. The van der Waals surface area contributed by atoms with E-state index in [-0.39, 0.29) is 30.8 Å². The van der Waals surface area contributed by atoms with Crippen molar-refractivity contribution in [1.82, 2.24) is 15.1 Å². The number of carbonyl (C=O) groups is 1. The Bertz CT molecular complexity index is 680. The molecule has 0 radical (unpaired) electrons. The maximum Gasteiger partial charge on any atom is 0.224 e. The maximum atomic E-state index is 13.0. The molecule has 2 rings (SSSR count). The van der Waals surface area contributed by atoms with Crippen molar-refractivity contribution in [1.29, 1.82) is 0 Å². The highest BCUT2D eigenvalue weighted by molar-refractivity contribution is 5.79. The van der Waals surface area contributed by atoms with E-state index >= 15 is 0 Å². The van der Waals surface area contributed by atoms with Gasteiger partial charge >= 0.3 is 0 Å².